The molecule has 174 valence electrons. The second-order valence-electron chi connectivity index (χ2n) is 8.03. The van der Waals surface area contributed by atoms with Crippen molar-refractivity contribution in [3.63, 3.8) is 0 Å². The third kappa shape index (κ3) is 5.71. The first-order chi connectivity index (χ1) is 15.8. The van der Waals surface area contributed by atoms with Crippen LogP contribution in [0.1, 0.15) is 41.3 Å². The second-order valence-corrected chi connectivity index (χ2v) is 8.81. The molecule has 3 heterocycles. The zero-order chi connectivity index (χ0) is 23.4. The van der Waals surface area contributed by atoms with Gasteiger partial charge >= 0.3 is 6.18 Å². The van der Waals surface area contributed by atoms with Gasteiger partial charge in [0.05, 0.1) is 5.56 Å². The number of rotatable bonds is 6. The van der Waals surface area contributed by atoms with Gasteiger partial charge in [-0.2, -0.15) is 24.5 Å². The van der Waals surface area contributed by atoms with Gasteiger partial charge in [0.1, 0.15) is 11.6 Å². The van der Waals surface area contributed by atoms with Crippen LogP contribution in [0.4, 0.5) is 17.6 Å². The molecule has 0 atom stereocenters. The van der Waals surface area contributed by atoms with Crippen molar-refractivity contribution in [2.75, 3.05) is 13.1 Å². The van der Waals surface area contributed by atoms with Crippen molar-refractivity contribution in [1.82, 2.24) is 14.5 Å². The molecule has 0 unspecified atom stereocenters. The highest BCUT2D eigenvalue weighted by molar-refractivity contribution is 7.07. The van der Waals surface area contributed by atoms with Crippen LogP contribution in [-0.2, 0) is 23.9 Å². The van der Waals surface area contributed by atoms with E-state index in [1.807, 2.05) is 6.20 Å². The molecule has 1 aromatic carbocycles. The van der Waals surface area contributed by atoms with Gasteiger partial charge in [0.15, 0.2) is 0 Å². The minimum absolute atomic E-state index is 0.233. The smallest absolute Gasteiger partial charge is 0.339 e. The summed E-state index contributed by atoms with van der Waals surface area (Å²) < 4.78 is 54.6. The number of benzene rings is 1. The molecule has 0 aliphatic carbocycles. The molecule has 1 aliphatic heterocycles. The summed E-state index contributed by atoms with van der Waals surface area (Å²) in [6.45, 7) is 1.86. The van der Waals surface area contributed by atoms with Gasteiger partial charge < -0.3 is 9.47 Å². The Morgan fingerprint density at radius 2 is 2.00 bits per heavy atom. The van der Waals surface area contributed by atoms with E-state index < -0.39 is 17.6 Å². The molecule has 0 radical (unpaired) electrons. The molecule has 1 amide bonds. The quantitative estimate of drug-likeness (QED) is 0.334. The molecule has 3 aromatic rings. The predicted octanol–water partition coefficient (Wildman–Crippen LogP) is 5.76. The number of nitrogens with zero attached hydrogens (tertiary/aromatic N) is 3. The Bertz CT molecular complexity index is 1110. The molecule has 0 bridgehead atoms. The normalized spacial score (nSPS) is 15.5. The van der Waals surface area contributed by atoms with Crippen molar-refractivity contribution < 1.29 is 22.4 Å². The van der Waals surface area contributed by atoms with Crippen molar-refractivity contribution in [1.29, 1.82) is 0 Å². The van der Waals surface area contributed by atoms with Gasteiger partial charge in [0.2, 0.25) is 5.91 Å². The number of carbonyl (C=O) groups is 1. The number of hydrogen-bond donors (Lipinski definition) is 0. The first-order valence-corrected chi connectivity index (χ1v) is 11.6. The Morgan fingerprint density at radius 3 is 2.70 bits per heavy atom. The lowest BCUT2D eigenvalue weighted by molar-refractivity contribution is -0.137. The number of imidazole rings is 1. The Morgan fingerprint density at radius 1 is 1.21 bits per heavy atom. The lowest BCUT2D eigenvalue weighted by atomic mass is 9.95. The summed E-state index contributed by atoms with van der Waals surface area (Å²) in [6, 6.07) is 4.27. The molecule has 4 nitrogen and oxygen atoms in total. The number of thiophene rings is 1. The number of likely N-dealkylation sites (tertiary alicyclic amines) is 1. The highest BCUT2D eigenvalue weighted by Crippen LogP contribution is 2.31. The van der Waals surface area contributed by atoms with Gasteiger partial charge in [-0.15, -0.1) is 0 Å². The van der Waals surface area contributed by atoms with E-state index in [9.17, 15) is 22.4 Å². The maximum absolute atomic E-state index is 13.9. The SMILES string of the molecule is O=C(C=Cc1cc(C(F)(F)F)ccc1F)N1CCC(c2nccn2CCc2ccsc2)CC1. The maximum Gasteiger partial charge on any atom is 0.416 e. The molecule has 1 aliphatic rings. The number of alkyl halides is 3. The lowest BCUT2D eigenvalue weighted by Crippen LogP contribution is -2.37. The molecule has 0 spiro atoms. The third-order valence-corrected chi connectivity index (χ3v) is 6.60. The zero-order valence-corrected chi connectivity index (χ0v) is 18.6. The number of aromatic nitrogens is 2. The fraction of sp³-hybridized carbons (Fsp3) is 0.333. The van der Waals surface area contributed by atoms with Crippen LogP contribution in [0.15, 0.2) is 53.5 Å². The number of amides is 1. The molecule has 4 rings (SSSR count). The molecule has 0 saturated carbocycles. The molecular formula is C24H23F4N3OS. The Labute approximate surface area is 193 Å². The Hall–Kier alpha value is -2.94. The van der Waals surface area contributed by atoms with E-state index >= 15 is 0 Å². The molecule has 0 N–H and O–H groups in total. The van der Waals surface area contributed by atoms with Crippen LogP contribution >= 0.6 is 11.3 Å². The van der Waals surface area contributed by atoms with Crippen molar-refractivity contribution >= 4 is 23.3 Å². The van der Waals surface area contributed by atoms with Crippen LogP contribution in [0.5, 0.6) is 0 Å². The minimum atomic E-state index is -4.57. The highest BCUT2D eigenvalue weighted by atomic mass is 32.1. The van der Waals surface area contributed by atoms with Crippen LogP contribution in [0.3, 0.4) is 0 Å². The van der Waals surface area contributed by atoms with Gasteiger partial charge in [-0.25, -0.2) is 9.37 Å². The first kappa shape index (κ1) is 23.2. The summed E-state index contributed by atoms with van der Waals surface area (Å²) in [7, 11) is 0. The molecule has 2 aromatic heterocycles. The summed E-state index contributed by atoms with van der Waals surface area (Å²) in [6.07, 6.45) is 3.87. The predicted molar refractivity (Wildman–Crippen MR) is 119 cm³/mol. The number of piperidine rings is 1. The van der Waals surface area contributed by atoms with Crippen LogP contribution in [0.2, 0.25) is 0 Å². The summed E-state index contributed by atoms with van der Waals surface area (Å²) in [5.41, 5.74) is 0.0797. The molecule has 1 saturated heterocycles. The van der Waals surface area contributed by atoms with Gasteiger partial charge in [-0.3, -0.25) is 4.79 Å². The number of hydrogen-bond acceptors (Lipinski definition) is 3. The van der Waals surface area contributed by atoms with Crippen LogP contribution < -0.4 is 0 Å². The van der Waals surface area contributed by atoms with E-state index in [4.69, 9.17) is 0 Å². The molecule has 1 fully saturated rings. The third-order valence-electron chi connectivity index (χ3n) is 5.87. The summed E-state index contributed by atoms with van der Waals surface area (Å²) in [5.74, 6) is 0.0985. The van der Waals surface area contributed by atoms with Gasteiger partial charge in [0.25, 0.3) is 0 Å². The fourth-order valence-electron chi connectivity index (χ4n) is 4.03. The van der Waals surface area contributed by atoms with E-state index in [1.165, 1.54) is 5.56 Å². The monoisotopic (exact) mass is 477 g/mol. The Kier molecular flexibility index (Phi) is 6.97. The van der Waals surface area contributed by atoms with Crippen molar-refractivity contribution in [2.24, 2.45) is 0 Å². The molecule has 33 heavy (non-hydrogen) atoms. The van der Waals surface area contributed by atoms with Crippen molar-refractivity contribution in [3.8, 4) is 0 Å². The van der Waals surface area contributed by atoms with E-state index in [2.05, 4.69) is 26.4 Å². The minimum Gasteiger partial charge on any atom is -0.339 e. The van der Waals surface area contributed by atoms with Crippen molar-refractivity contribution in [3.05, 3.63) is 81.8 Å². The highest BCUT2D eigenvalue weighted by Gasteiger charge is 2.31. The van der Waals surface area contributed by atoms with E-state index in [1.54, 1.807) is 22.4 Å². The topological polar surface area (TPSA) is 38.1 Å². The maximum atomic E-state index is 13.9. The lowest BCUT2D eigenvalue weighted by Gasteiger charge is -2.31. The number of halogens is 4. The first-order valence-electron chi connectivity index (χ1n) is 10.7. The van der Waals surface area contributed by atoms with Crippen LogP contribution in [0.25, 0.3) is 6.08 Å². The van der Waals surface area contributed by atoms with Gasteiger partial charge in [0, 0.05) is 49.6 Å². The fourth-order valence-corrected chi connectivity index (χ4v) is 4.73. The summed E-state index contributed by atoms with van der Waals surface area (Å²) in [5, 5.41) is 4.20. The average Bonchev–Trinajstić information content (AvgIpc) is 3.48. The standard InChI is InChI=1S/C24H23F4N3OS/c25-21-3-2-20(24(26,27)28)15-19(21)1-4-22(32)30-11-6-18(7-12-30)23-29-9-13-31(23)10-5-17-8-14-33-16-17/h1-4,8-9,13-16,18H,5-7,10-12H2. The summed E-state index contributed by atoms with van der Waals surface area (Å²) >= 11 is 1.68. The van der Waals surface area contributed by atoms with Gasteiger partial charge in [-0.1, -0.05) is 0 Å². The van der Waals surface area contributed by atoms with Crippen LogP contribution in [-0.4, -0.2) is 33.4 Å². The summed E-state index contributed by atoms with van der Waals surface area (Å²) in [4.78, 5) is 18.7. The zero-order valence-electron chi connectivity index (χ0n) is 17.8. The second kappa shape index (κ2) is 9.91. The van der Waals surface area contributed by atoms with E-state index in [-0.39, 0.29) is 17.4 Å². The molecule has 9 heteroatoms. The van der Waals surface area contributed by atoms with Crippen molar-refractivity contribution in [2.45, 2.75) is 37.9 Å². The number of carbonyl (C=O) groups excluding carboxylic acids is 1. The Balaban J connectivity index is 1.34. The molecular weight excluding hydrogens is 454 g/mol. The van der Waals surface area contributed by atoms with Crippen LogP contribution in [0, 0.1) is 5.82 Å². The van der Waals surface area contributed by atoms with E-state index in [0.29, 0.717) is 25.2 Å². The average molecular weight is 478 g/mol. The number of aryl methyl sites for hydroxylation is 2. The van der Waals surface area contributed by atoms with Gasteiger partial charge in [-0.05, 0) is 65.9 Å². The van der Waals surface area contributed by atoms with E-state index in [0.717, 1.165) is 49.9 Å². The largest absolute Gasteiger partial charge is 0.416 e.